The van der Waals surface area contributed by atoms with E-state index < -0.39 is 0 Å². The lowest BCUT2D eigenvalue weighted by molar-refractivity contribution is -0.895. The van der Waals surface area contributed by atoms with Crippen LogP contribution in [0.15, 0.2) is 34.2 Å². The van der Waals surface area contributed by atoms with Crippen molar-refractivity contribution in [1.82, 2.24) is 9.55 Å². The van der Waals surface area contributed by atoms with Gasteiger partial charge in [0.2, 0.25) is 5.91 Å². The smallest absolute Gasteiger partial charge is 0.263 e. The van der Waals surface area contributed by atoms with Crippen LogP contribution in [0.3, 0.4) is 0 Å². The zero-order chi connectivity index (χ0) is 20.5. The van der Waals surface area contributed by atoms with Crippen molar-refractivity contribution < 1.29 is 9.69 Å². The highest BCUT2D eigenvalue weighted by Gasteiger charge is 2.25. The summed E-state index contributed by atoms with van der Waals surface area (Å²) in [5.74, 6) is 0.0310. The lowest BCUT2D eigenvalue weighted by Crippen LogP contribution is -3.08. The van der Waals surface area contributed by atoms with Crippen LogP contribution < -0.4 is 15.8 Å². The van der Waals surface area contributed by atoms with Crippen molar-refractivity contribution in [2.45, 2.75) is 31.6 Å². The van der Waals surface area contributed by atoms with Gasteiger partial charge in [-0.1, -0.05) is 23.4 Å². The fourth-order valence-corrected chi connectivity index (χ4v) is 5.89. The summed E-state index contributed by atoms with van der Waals surface area (Å²) in [5.41, 5.74) is 1.87. The van der Waals surface area contributed by atoms with Crippen LogP contribution >= 0.6 is 34.7 Å². The van der Waals surface area contributed by atoms with Crippen LogP contribution in [-0.4, -0.2) is 34.8 Å². The lowest BCUT2D eigenvalue weighted by atomic mass is 10.1. The van der Waals surface area contributed by atoms with Crippen molar-refractivity contribution >= 4 is 56.5 Å². The van der Waals surface area contributed by atoms with Crippen LogP contribution in [0.2, 0.25) is 5.02 Å². The first kappa shape index (κ1) is 20.4. The number of amides is 1. The minimum absolute atomic E-state index is 0.00941. The molecule has 2 N–H and O–H groups in total. The van der Waals surface area contributed by atoms with Crippen molar-refractivity contribution in [3.63, 3.8) is 0 Å². The Morgan fingerprint density at radius 1 is 1.38 bits per heavy atom. The standard InChI is InChI=1S/C20H21ClN4O2S2/c1-3-25-19(27)17-14-8-9-24(2)10-15(14)29-18(17)23-20(25)28-11-16(26)22-13-6-4-12(21)5-7-13/h4-7H,3,8-11H2,1-2H3,(H,22,26)/p+1. The molecular weight excluding hydrogens is 428 g/mol. The fourth-order valence-electron chi connectivity index (χ4n) is 3.52. The van der Waals surface area contributed by atoms with Gasteiger partial charge in [-0.15, -0.1) is 11.3 Å². The summed E-state index contributed by atoms with van der Waals surface area (Å²) >= 11 is 8.78. The molecule has 1 unspecified atom stereocenters. The third-order valence-corrected chi connectivity index (χ3v) is 7.35. The molecule has 1 atom stereocenters. The van der Waals surface area contributed by atoms with Crippen molar-refractivity contribution in [3.8, 4) is 0 Å². The lowest BCUT2D eigenvalue weighted by Gasteiger charge is -2.19. The highest BCUT2D eigenvalue weighted by Crippen LogP contribution is 2.30. The van der Waals surface area contributed by atoms with Gasteiger partial charge in [0.1, 0.15) is 11.4 Å². The Labute approximate surface area is 181 Å². The van der Waals surface area contributed by atoms with E-state index in [-0.39, 0.29) is 17.2 Å². The second-order valence-electron chi connectivity index (χ2n) is 7.11. The predicted octanol–water partition coefficient (Wildman–Crippen LogP) is 2.43. The molecule has 0 aliphatic carbocycles. The average molecular weight is 450 g/mol. The molecule has 0 saturated carbocycles. The van der Waals surface area contributed by atoms with E-state index in [2.05, 4.69) is 12.4 Å². The van der Waals surface area contributed by atoms with Gasteiger partial charge in [0.15, 0.2) is 5.16 Å². The molecule has 29 heavy (non-hydrogen) atoms. The van der Waals surface area contributed by atoms with Gasteiger partial charge in [-0.2, -0.15) is 0 Å². The number of hydrogen-bond donors (Lipinski definition) is 2. The third kappa shape index (κ3) is 4.21. The van der Waals surface area contributed by atoms with Crippen molar-refractivity contribution in [1.29, 1.82) is 0 Å². The van der Waals surface area contributed by atoms with E-state index in [4.69, 9.17) is 16.6 Å². The number of carbonyl (C=O) groups excluding carboxylic acids is 1. The van der Waals surface area contributed by atoms with Crippen LogP contribution in [0.4, 0.5) is 5.69 Å². The fraction of sp³-hybridized carbons (Fsp3) is 0.350. The maximum atomic E-state index is 13.2. The summed E-state index contributed by atoms with van der Waals surface area (Å²) < 4.78 is 1.68. The minimum atomic E-state index is -0.148. The number of benzene rings is 1. The SMILES string of the molecule is CCn1c(SCC(=O)Nc2ccc(Cl)cc2)nc2sc3c(c2c1=O)CC[NH+](C)C3. The van der Waals surface area contributed by atoms with Gasteiger partial charge in [-0.05, 0) is 36.8 Å². The van der Waals surface area contributed by atoms with Crippen molar-refractivity contribution in [2.75, 3.05) is 24.7 Å². The first-order valence-corrected chi connectivity index (χ1v) is 11.7. The Bertz CT molecular complexity index is 1120. The number of quaternary nitrogens is 1. The van der Waals surface area contributed by atoms with Crippen LogP contribution in [0.5, 0.6) is 0 Å². The number of hydrogen-bond acceptors (Lipinski definition) is 5. The zero-order valence-corrected chi connectivity index (χ0v) is 18.6. The number of thiophene rings is 1. The van der Waals surface area contributed by atoms with E-state index in [0.717, 1.165) is 29.7 Å². The van der Waals surface area contributed by atoms with E-state index in [9.17, 15) is 9.59 Å². The zero-order valence-electron chi connectivity index (χ0n) is 16.3. The highest BCUT2D eigenvalue weighted by molar-refractivity contribution is 7.99. The molecule has 2 aromatic heterocycles. The summed E-state index contributed by atoms with van der Waals surface area (Å²) in [4.78, 5) is 33.8. The molecule has 6 nitrogen and oxygen atoms in total. The molecule has 0 bridgehead atoms. The van der Waals surface area contributed by atoms with Crippen LogP contribution in [0.1, 0.15) is 17.4 Å². The predicted molar refractivity (Wildman–Crippen MR) is 120 cm³/mol. The molecule has 1 aromatic carbocycles. The van der Waals surface area contributed by atoms with E-state index in [0.29, 0.717) is 22.4 Å². The molecule has 4 rings (SSSR count). The summed E-state index contributed by atoms with van der Waals surface area (Å²) in [6.45, 7) is 4.43. The molecular formula is C20H22ClN4O2S2+. The number of halogens is 1. The molecule has 1 amide bonds. The van der Waals surface area contributed by atoms with Gasteiger partial charge < -0.3 is 10.2 Å². The minimum Gasteiger partial charge on any atom is -0.333 e. The van der Waals surface area contributed by atoms with Crippen LogP contribution in [0.25, 0.3) is 10.2 Å². The molecule has 3 aromatic rings. The van der Waals surface area contributed by atoms with Crippen molar-refractivity contribution in [3.05, 3.63) is 50.1 Å². The Balaban J connectivity index is 1.57. The monoisotopic (exact) mass is 449 g/mol. The molecule has 0 radical (unpaired) electrons. The number of likely N-dealkylation sites (N-methyl/N-ethyl adjacent to an activating group) is 1. The Morgan fingerprint density at radius 2 is 2.14 bits per heavy atom. The summed E-state index contributed by atoms with van der Waals surface area (Å²) in [7, 11) is 2.17. The number of thioether (sulfide) groups is 1. The van der Waals surface area contributed by atoms with E-state index in [1.54, 1.807) is 40.2 Å². The first-order valence-electron chi connectivity index (χ1n) is 9.51. The van der Waals surface area contributed by atoms with E-state index in [1.165, 1.54) is 27.1 Å². The van der Waals surface area contributed by atoms with Gasteiger partial charge >= 0.3 is 0 Å². The summed E-state index contributed by atoms with van der Waals surface area (Å²) in [6.07, 6.45) is 0.914. The molecule has 152 valence electrons. The maximum Gasteiger partial charge on any atom is 0.263 e. The second kappa shape index (κ2) is 8.47. The number of nitrogens with zero attached hydrogens (tertiary/aromatic N) is 2. The molecule has 0 spiro atoms. The third-order valence-electron chi connectivity index (χ3n) is 5.00. The normalized spacial score (nSPS) is 16.0. The second-order valence-corrected chi connectivity index (χ2v) is 9.57. The molecule has 3 heterocycles. The Morgan fingerprint density at radius 3 is 2.86 bits per heavy atom. The number of nitrogens with one attached hydrogen (secondary N) is 2. The maximum absolute atomic E-state index is 13.2. The number of rotatable bonds is 5. The quantitative estimate of drug-likeness (QED) is 0.463. The average Bonchev–Trinajstić information content (AvgIpc) is 3.05. The Hall–Kier alpha value is -1.87. The topological polar surface area (TPSA) is 68.4 Å². The van der Waals surface area contributed by atoms with Crippen molar-refractivity contribution in [2.24, 2.45) is 0 Å². The van der Waals surface area contributed by atoms with Gasteiger partial charge in [-0.3, -0.25) is 14.2 Å². The van der Waals surface area contributed by atoms with Crippen LogP contribution in [0, 0.1) is 0 Å². The number of aromatic nitrogens is 2. The van der Waals surface area contributed by atoms with Gasteiger partial charge in [0.25, 0.3) is 5.56 Å². The molecule has 9 heteroatoms. The molecule has 0 saturated heterocycles. The first-order chi connectivity index (χ1) is 14.0. The largest absolute Gasteiger partial charge is 0.333 e. The Kier molecular flexibility index (Phi) is 5.96. The number of anilines is 1. The molecule has 1 aliphatic heterocycles. The van der Waals surface area contributed by atoms with Gasteiger partial charge in [0.05, 0.1) is 29.6 Å². The van der Waals surface area contributed by atoms with Crippen LogP contribution in [-0.2, 0) is 24.3 Å². The summed E-state index contributed by atoms with van der Waals surface area (Å²) in [6, 6.07) is 6.97. The van der Waals surface area contributed by atoms with E-state index >= 15 is 0 Å². The number of carbonyl (C=O) groups is 1. The highest BCUT2D eigenvalue weighted by atomic mass is 35.5. The summed E-state index contributed by atoms with van der Waals surface area (Å²) in [5, 5.41) is 4.82. The van der Waals surface area contributed by atoms with Gasteiger partial charge in [-0.25, -0.2) is 4.98 Å². The molecule has 0 fully saturated rings. The van der Waals surface area contributed by atoms with Gasteiger partial charge in [0, 0.05) is 23.7 Å². The molecule has 1 aliphatic rings. The number of fused-ring (bicyclic) bond motifs is 3. The van der Waals surface area contributed by atoms with E-state index in [1.807, 2.05) is 6.92 Å².